The normalized spacial score (nSPS) is 10.5. The quantitative estimate of drug-likeness (QED) is 0.752. The summed E-state index contributed by atoms with van der Waals surface area (Å²) in [5.41, 5.74) is 2.39. The van der Waals surface area contributed by atoms with Crippen LogP contribution in [0.15, 0.2) is 57.4 Å². The third kappa shape index (κ3) is 4.04. The SMILES string of the molecule is Cc1nnc(Cc2ccc(NC(=O)c3ccc(Br)cc3)cc2)o1. The Bertz CT molecular complexity index is 811. The number of nitrogens with zero attached hydrogens (tertiary/aromatic N) is 2. The highest BCUT2D eigenvalue weighted by Gasteiger charge is 2.07. The zero-order valence-electron chi connectivity index (χ0n) is 12.4. The molecular weight excluding hydrogens is 358 g/mol. The van der Waals surface area contributed by atoms with Gasteiger partial charge in [0, 0.05) is 22.6 Å². The lowest BCUT2D eigenvalue weighted by Gasteiger charge is -2.06. The Kier molecular flexibility index (Phi) is 4.52. The molecule has 0 aliphatic rings. The molecule has 0 saturated heterocycles. The Morgan fingerprint density at radius 2 is 1.78 bits per heavy atom. The van der Waals surface area contributed by atoms with E-state index in [1.165, 1.54) is 0 Å². The van der Waals surface area contributed by atoms with Crippen molar-refractivity contribution in [1.29, 1.82) is 0 Å². The van der Waals surface area contributed by atoms with Crippen molar-refractivity contribution in [2.24, 2.45) is 0 Å². The zero-order valence-corrected chi connectivity index (χ0v) is 14.0. The molecule has 116 valence electrons. The second-order valence-electron chi connectivity index (χ2n) is 5.05. The molecule has 0 aliphatic heterocycles. The monoisotopic (exact) mass is 371 g/mol. The van der Waals surface area contributed by atoms with Gasteiger partial charge in [-0.15, -0.1) is 10.2 Å². The van der Waals surface area contributed by atoms with Gasteiger partial charge in [0.05, 0.1) is 6.42 Å². The highest BCUT2D eigenvalue weighted by molar-refractivity contribution is 9.10. The Morgan fingerprint density at radius 3 is 2.39 bits per heavy atom. The fourth-order valence-corrected chi connectivity index (χ4v) is 2.36. The van der Waals surface area contributed by atoms with E-state index < -0.39 is 0 Å². The summed E-state index contributed by atoms with van der Waals surface area (Å²) in [5, 5.41) is 10.6. The van der Waals surface area contributed by atoms with Gasteiger partial charge in [-0.3, -0.25) is 4.79 Å². The molecule has 0 saturated carbocycles. The molecule has 3 rings (SSSR count). The molecule has 1 amide bonds. The van der Waals surface area contributed by atoms with Crippen LogP contribution in [0.3, 0.4) is 0 Å². The number of hydrogen-bond donors (Lipinski definition) is 1. The molecule has 1 heterocycles. The molecular formula is C17H14BrN3O2. The molecule has 23 heavy (non-hydrogen) atoms. The molecule has 2 aromatic carbocycles. The van der Waals surface area contributed by atoms with Gasteiger partial charge in [0.2, 0.25) is 11.8 Å². The molecule has 1 N–H and O–H groups in total. The predicted molar refractivity (Wildman–Crippen MR) is 90.4 cm³/mol. The summed E-state index contributed by atoms with van der Waals surface area (Å²) in [4.78, 5) is 12.1. The van der Waals surface area contributed by atoms with Crippen LogP contribution in [0.25, 0.3) is 0 Å². The summed E-state index contributed by atoms with van der Waals surface area (Å²) in [7, 11) is 0. The lowest BCUT2D eigenvalue weighted by molar-refractivity contribution is 0.102. The number of carbonyl (C=O) groups excluding carboxylic acids is 1. The molecule has 0 fully saturated rings. The molecule has 1 aromatic heterocycles. The average molecular weight is 372 g/mol. The molecule has 0 spiro atoms. The van der Waals surface area contributed by atoms with Gasteiger partial charge in [0.25, 0.3) is 5.91 Å². The number of hydrogen-bond acceptors (Lipinski definition) is 4. The summed E-state index contributed by atoms with van der Waals surface area (Å²) in [6, 6.07) is 14.8. The van der Waals surface area contributed by atoms with Crippen LogP contribution in [-0.4, -0.2) is 16.1 Å². The van der Waals surface area contributed by atoms with Gasteiger partial charge in [-0.2, -0.15) is 0 Å². The largest absolute Gasteiger partial charge is 0.425 e. The lowest BCUT2D eigenvalue weighted by Crippen LogP contribution is -2.11. The Labute approximate surface area is 141 Å². The first kappa shape index (κ1) is 15.4. The number of anilines is 1. The van der Waals surface area contributed by atoms with Crippen molar-refractivity contribution < 1.29 is 9.21 Å². The van der Waals surface area contributed by atoms with Crippen molar-refractivity contribution in [1.82, 2.24) is 10.2 Å². The fraction of sp³-hybridized carbons (Fsp3) is 0.118. The Hall–Kier alpha value is -2.47. The van der Waals surface area contributed by atoms with Crippen molar-refractivity contribution in [2.45, 2.75) is 13.3 Å². The summed E-state index contributed by atoms with van der Waals surface area (Å²) in [6.07, 6.45) is 0.571. The van der Waals surface area contributed by atoms with E-state index >= 15 is 0 Å². The van der Waals surface area contributed by atoms with Crippen molar-refractivity contribution >= 4 is 27.5 Å². The van der Waals surface area contributed by atoms with E-state index in [4.69, 9.17) is 4.42 Å². The topological polar surface area (TPSA) is 68.0 Å². The average Bonchev–Trinajstić information content (AvgIpc) is 2.95. The van der Waals surface area contributed by atoms with Crippen molar-refractivity contribution in [3.8, 4) is 0 Å². The molecule has 0 aliphatic carbocycles. The summed E-state index contributed by atoms with van der Waals surface area (Å²) < 4.78 is 6.29. The number of amides is 1. The zero-order chi connectivity index (χ0) is 16.2. The number of rotatable bonds is 4. The van der Waals surface area contributed by atoms with Crippen LogP contribution in [-0.2, 0) is 6.42 Å². The summed E-state index contributed by atoms with van der Waals surface area (Å²) in [6.45, 7) is 1.76. The number of aromatic nitrogens is 2. The van der Waals surface area contributed by atoms with E-state index in [0.717, 1.165) is 15.7 Å². The molecule has 0 atom stereocenters. The molecule has 5 nitrogen and oxygen atoms in total. The molecule has 0 bridgehead atoms. The third-order valence-electron chi connectivity index (χ3n) is 3.24. The van der Waals surface area contributed by atoms with Crippen LogP contribution in [0, 0.1) is 6.92 Å². The van der Waals surface area contributed by atoms with E-state index in [1.54, 1.807) is 19.1 Å². The minimum Gasteiger partial charge on any atom is -0.425 e. The van der Waals surface area contributed by atoms with Crippen LogP contribution >= 0.6 is 15.9 Å². The van der Waals surface area contributed by atoms with Gasteiger partial charge in [-0.1, -0.05) is 28.1 Å². The Morgan fingerprint density at radius 1 is 1.09 bits per heavy atom. The number of aryl methyl sites for hydroxylation is 1. The molecule has 0 radical (unpaired) electrons. The van der Waals surface area contributed by atoms with E-state index in [9.17, 15) is 4.79 Å². The molecule has 6 heteroatoms. The number of halogens is 1. The molecule has 0 unspecified atom stereocenters. The van der Waals surface area contributed by atoms with Crippen LogP contribution in [0.4, 0.5) is 5.69 Å². The first-order valence-corrected chi connectivity index (χ1v) is 7.84. The maximum absolute atomic E-state index is 12.1. The van der Waals surface area contributed by atoms with Crippen LogP contribution < -0.4 is 5.32 Å². The highest BCUT2D eigenvalue weighted by atomic mass is 79.9. The second kappa shape index (κ2) is 6.75. The van der Waals surface area contributed by atoms with Gasteiger partial charge in [-0.05, 0) is 42.0 Å². The maximum atomic E-state index is 12.1. The van der Waals surface area contributed by atoms with Gasteiger partial charge >= 0.3 is 0 Å². The minimum atomic E-state index is -0.141. The third-order valence-corrected chi connectivity index (χ3v) is 3.77. The summed E-state index contributed by atoms with van der Waals surface area (Å²) >= 11 is 3.35. The molecule has 3 aromatic rings. The van der Waals surface area contributed by atoms with Crippen LogP contribution in [0.2, 0.25) is 0 Å². The standard InChI is InChI=1S/C17H14BrN3O2/c1-11-20-21-16(23-11)10-12-2-8-15(9-3-12)19-17(22)13-4-6-14(18)7-5-13/h2-9H,10H2,1H3,(H,19,22). The predicted octanol–water partition coefficient (Wildman–Crippen LogP) is 3.98. The first-order valence-electron chi connectivity index (χ1n) is 7.05. The smallest absolute Gasteiger partial charge is 0.255 e. The van der Waals surface area contributed by atoms with E-state index in [-0.39, 0.29) is 5.91 Å². The van der Waals surface area contributed by atoms with Crippen molar-refractivity contribution in [2.75, 3.05) is 5.32 Å². The van der Waals surface area contributed by atoms with E-state index in [1.807, 2.05) is 36.4 Å². The lowest BCUT2D eigenvalue weighted by atomic mass is 10.1. The number of benzene rings is 2. The van der Waals surface area contributed by atoms with Gasteiger partial charge in [0.15, 0.2) is 0 Å². The second-order valence-corrected chi connectivity index (χ2v) is 5.97. The van der Waals surface area contributed by atoms with Crippen LogP contribution in [0.5, 0.6) is 0 Å². The van der Waals surface area contributed by atoms with Gasteiger partial charge in [0.1, 0.15) is 0 Å². The number of carbonyl (C=O) groups is 1. The van der Waals surface area contributed by atoms with Crippen molar-refractivity contribution in [3.63, 3.8) is 0 Å². The maximum Gasteiger partial charge on any atom is 0.255 e. The first-order chi connectivity index (χ1) is 11.1. The highest BCUT2D eigenvalue weighted by Crippen LogP contribution is 2.15. The van der Waals surface area contributed by atoms with Gasteiger partial charge < -0.3 is 9.73 Å². The van der Waals surface area contributed by atoms with Crippen LogP contribution in [0.1, 0.15) is 27.7 Å². The van der Waals surface area contributed by atoms with E-state index in [2.05, 4.69) is 31.4 Å². The Balaban J connectivity index is 1.65. The van der Waals surface area contributed by atoms with E-state index in [0.29, 0.717) is 23.8 Å². The summed E-state index contributed by atoms with van der Waals surface area (Å²) in [5.74, 6) is 0.991. The van der Waals surface area contributed by atoms with Gasteiger partial charge in [-0.25, -0.2) is 0 Å². The number of nitrogens with one attached hydrogen (secondary N) is 1. The minimum absolute atomic E-state index is 0.141. The van der Waals surface area contributed by atoms with Crippen molar-refractivity contribution in [3.05, 3.63) is 75.9 Å². The fourth-order valence-electron chi connectivity index (χ4n) is 2.09.